The summed E-state index contributed by atoms with van der Waals surface area (Å²) in [4.78, 5) is 28.9. The molecule has 1 fully saturated rings. The number of amides is 2. The first-order valence-corrected chi connectivity index (χ1v) is 7.75. The van der Waals surface area contributed by atoms with Crippen LogP contribution < -0.4 is 10.2 Å². The van der Waals surface area contributed by atoms with Gasteiger partial charge in [0.1, 0.15) is 6.54 Å². The molecule has 3 rings (SSSR count). The molecule has 2 heterocycles. The van der Waals surface area contributed by atoms with E-state index in [-0.39, 0.29) is 18.4 Å². The molecule has 0 bridgehead atoms. The van der Waals surface area contributed by atoms with Crippen molar-refractivity contribution in [3.05, 3.63) is 24.3 Å². The first-order chi connectivity index (χ1) is 9.75. The Bertz CT molecular complexity index is 529. The molecule has 0 saturated carbocycles. The van der Waals surface area contributed by atoms with Gasteiger partial charge in [-0.1, -0.05) is 12.1 Å². The summed E-state index contributed by atoms with van der Waals surface area (Å²) in [7, 11) is 0. The number of hydrogen-bond donors (Lipinski definition) is 1. The Labute approximate surface area is 122 Å². The summed E-state index contributed by atoms with van der Waals surface area (Å²) in [6.45, 7) is 3.24. The highest BCUT2D eigenvalue weighted by Gasteiger charge is 2.28. The Morgan fingerprint density at radius 3 is 2.80 bits per heavy atom. The summed E-state index contributed by atoms with van der Waals surface area (Å²) < 4.78 is 0. The van der Waals surface area contributed by atoms with E-state index in [1.54, 1.807) is 4.90 Å². The zero-order valence-corrected chi connectivity index (χ0v) is 12.0. The smallest absolute Gasteiger partial charge is 0.242 e. The fourth-order valence-corrected chi connectivity index (χ4v) is 3.41. The fourth-order valence-electron chi connectivity index (χ4n) is 2.48. The summed E-state index contributed by atoms with van der Waals surface area (Å²) in [5.41, 5.74) is 0.859. The largest absolute Gasteiger partial charge is 0.339 e. The van der Waals surface area contributed by atoms with Crippen LogP contribution in [0, 0.1) is 0 Å². The average molecular weight is 291 g/mol. The number of anilines is 1. The van der Waals surface area contributed by atoms with Crippen molar-refractivity contribution in [2.45, 2.75) is 4.90 Å². The predicted octanol–water partition coefficient (Wildman–Crippen LogP) is 0.557. The first-order valence-electron chi connectivity index (χ1n) is 6.76. The molecule has 0 aromatic heterocycles. The van der Waals surface area contributed by atoms with E-state index in [0.717, 1.165) is 36.8 Å². The van der Waals surface area contributed by atoms with Gasteiger partial charge >= 0.3 is 0 Å². The lowest BCUT2D eigenvalue weighted by molar-refractivity contribution is -0.131. The van der Waals surface area contributed by atoms with Gasteiger partial charge in [-0.15, -0.1) is 11.8 Å². The number of piperazine rings is 1. The molecule has 0 atom stereocenters. The van der Waals surface area contributed by atoms with E-state index in [0.29, 0.717) is 5.75 Å². The van der Waals surface area contributed by atoms with Crippen LogP contribution in [0.2, 0.25) is 0 Å². The molecule has 2 amide bonds. The SMILES string of the molecule is O=C(CN1C(=O)CSc2ccccc21)N1CCNCC1. The molecule has 1 N–H and O–H groups in total. The van der Waals surface area contributed by atoms with E-state index in [4.69, 9.17) is 0 Å². The van der Waals surface area contributed by atoms with E-state index in [1.165, 1.54) is 11.8 Å². The van der Waals surface area contributed by atoms with Crippen LogP contribution in [-0.2, 0) is 9.59 Å². The first kappa shape index (κ1) is 13.5. The Morgan fingerprint density at radius 1 is 1.25 bits per heavy atom. The third-order valence-electron chi connectivity index (χ3n) is 3.57. The maximum atomic E-state index is 12.3. The van der Waals surface area contributed by atoms with Crippen molar-refractivity contribution in [1.82, 2.24) is 10.2 Å². The molecular formula is C14H17N3O2S. The standard InChI is InChI=1S/C14H17N3O2S/c18-13(16-7-5-15-6-8-16)9-17-11-3-1-2-4-12(11)20-10-14(17)19/h1-4,15H,5-10H2. The number of thioether (sulfide) groups is 1. The normalized spacial score (nSPS) is 18.9. The van der Waals surface area contributed by atoms with Gasteiger partial charge in [0.2, 0.25) is 11.8 Å². The van der Waals surface area contributed by atoms with E-state index >= 15 is 0 Å². The molecule has 0 radical (unpaired) electrons. The zero-order valence-electron chi connectivity index (χ0n) is 11.2. The predicted molar refractivity (Wildman–Crippen MR) is 79.0 cm³/mol. The van der Waals surface area contributed by atoms with Crippen molar-refractivity contribution >= 4 is 29.3 Å². The van der Waals surface area contributed by atoms with Crippen LogP contribution in [0.1, 0.15) is 0 Å². The minimum atomic E-state index is 0.0113. The number of hydrogen-bond acceptors (Lipinski definition) is 4. The molecule has 6 heteroatoms. The van der Waals surface area contributed by atoms with Crippen molar-refractivity contribution in [3.8, 4) is 0 Å². The highest BCUT2D eigenvalue weighted by atomic mass is 32.2. The van der Waals surface area contributed by atoms with Gasteiger partial charge < -0.3 is 15.1 Å². The third kappa shape index (κ3) is 2.66. The number of rotatable bonds is 2. The maximum absolute atomic E-state index is 12.3. The minimum Gasteiger partial charge on any atom is -0.339 e. The van der Waals surface area contributed by atoms with E-state index in [1.807, 2.05) is 29.2 Å². The quantitative estimate of drug-likeness (QED) is 0.865. The molecule has 1 saturated heterocycles. The molecule has 1 aromatic carbocycles. The van der Waals surface area contributed by atoms with Gasteiger partial charge in [0.15, 0.2) is 0 Å². The van der Waals surface area contributed by atoms with Gasteiger partial charge in [-0.3, -0.25) is 9.59 Å². The number of carbonyl (C=O) groups excluding carboxylic acids is 2. The maximum Gasteiger partial charge on any atom is 0.242 e. The van der Waals surface area contributed by atoms with Crippen LogP contribution in [0.4, 0.5) is 5.69 Å². The van der Waals surface area contributed by atoms with E-state index < -0.39 is 0 Å². The zero-order chi connectivity index (χ0) is 13.9. The Hall–Kier alpha value is -1.53. The second kappa shape index (κ2) is 5.85. The molecule has 0 spiro atoms. The molecule has 5 nitrogen and oxygen atoms in total. The number of nitrogens with one attached hydrogen (secondary N) is 1. The third-order valence-corrected chi connectivity index (χ3v) is 4.62. The number of nitrogens with zero attached hydrogens (tertiary/aromatic N) is 2. The van der Waals surface area contributed by atoms with Crippen LogP contribution in [0.5, 0.6) is 0 Å². The minimum absolute atomic E-state index is 0.0113. The highest BCUT2D eigenvalue weighted by Crippen LogP contribution is 2.34. The van der Waals surface area contributed by atoms with Crippen molar-refractivity contribution < 1.29 is 9.59 Å². The lowest BCUT2D eigenvalue weighted by atomic mass is 10.2. The number of benzene rings is 1. The van der Waals surface area contributed by atoms with Crippen molar-refractivity contribution in [1.29, 1.82) is 0 Å². The average Bonchev–Trinajstić information content (AvgIpc) is 2.51. The van der Waals surface area contributed by atoms with Gasteiger partial charge in [0.25, 0.3) is 0 Å². The molecule has 2 aliphatic rings. The summed E-state index contributed by atoms with van der Waals surface area (Å²) in [6.07, 6.45) is 0. The highest BCUT2D eigenvalue weighted by molar-refractivity contribution is 8.00. The molecule has 106 valence electrons. The molecule has 0 aliphatic carbocycles. The second-order valence-electron chi connectivity index (χ2n) is 4.87. The molecule has 2 aliphatic heterocycles. The van der Waals surface area contributed by atoms with Gasteiger partial charge in [0, 0.05) is 31.1 Å². The van der Waals surface area contributed by atoms with Gasteiger partial charge in [-0.2, -0.15) is 0 Å². The topological polar surface area (TPSA) is 52.7 Å². The summed E-state index contributed by atoms with van der Waals surface area (Å²) in [6, 6.07) is 7.76. The summed E-state index contributed by atoms with van der Waals surface area (Å²) in [5.74, 6) is 0.449. The molecule has 1 aromatic rings. The number of fused-ring (bicyclic) bond motifs is 1. The van der Waals surface area contributed by atoms with Crippen molar-refractivity contribution in [3.63, 3.8) is 0 Å². The lowest BCUT2D eigenvalue weighted by Gasteiger charge is -2.32. The van der Waals surface area contributed by atoms with Crippen molar-refractivity contribution in [2.75, 3.05) is 43.4 Å². The van der Waals surface area contributed by atoms with Crippen LogP contribution in [0.15, 0.2) is 29.2 Å². The lowest BCUT2D eigenvalue weighted by Crippen LogP contribution is -2.51. The van der Waals surface area contributed by atoms with E-state index in [2.05, 4.69) is 5.32 Å². The second-order valence-corrected chi connectivity index (χ2v) is 5.88. The van der Waals surface area contributed by atoms with Gasteiger partial charge in [-0.05, 0) is 12.1 Å². The van der Waals surface area contributed by atoms with Crippen LogP contribution in [-0.4, -0.2) is 55.2 Å². The van der Waals surface area contributed by atoms with Gasteiger partial charge in [0.05, 0.1) is 11.4 Å². The number of carbonyl (C=O) groups is 2. The van der Waals surface area contributed by atoms with Crippen molar-refractivity contribution in [2.24, 2.45) is 0 Å². The van der Waals surface area contributed by atoms with Crippen LogP contribution in [0.3, 0.4) is 0 Å². The molecule has 20 heavy (non-hydrogen) atoms. The van der Waals surface area contributed by atoms with E-state index in [9.17, 15) is 9.59 Å². The monoisotopic (exact) mass is 291 g/mol. The summed E-state index contributed by atoms with van der Waals surface area (Å²) >= 11 is 1.54. The van der Waals surface area contributed by atoms with Crippen LogP contribution in [0.25, 0.3) is 0 Å². The number of para-hydroxylation sites is 1. The Balaban J connectivity index is 1.76. The molecule has 0 unspecified atom stereocenters. The fraction of sp³-hybridized carbons (Fsp3) is 0.429. The van der Waals surface area contributed by atoms with Crippen LogP contribution >= 0.6 is 11.8 Å². The molecular weight excluding hydrogens is 274 g/mol. The Kier molecular flexibility index (Phi) is 3.93. The summed E-state index contributed by atoms with van der Waals surface area (Å²) in [5, 5.41) is 3.22. The van der Waals surface area contributed by atoms with Gasteiger partial charge in [-0.25, -0.2) is 0 Å². The Morgan fingerprint density at radius 2 is 2.00 bits per heavy atom.